The van der Waals surface area contributed by atoms with Crippen molar-refractivity contribution in [3.05, 3.63) is 52.1 Å². The maximum absolute atomic E-state index is 3.20. The van der Waals surface area contributed by atoms with Gasteiger partial charge < -0.3 is 4.57 Å². The molecule has 0 radical (unpaired) electrons. The summed E-state index contributed by atoms with van der Waals surface area (Å²) in [5, 5.41) is 0. The van der Waals surface area contributed by atoms with Crippen LogP contribution in [0.2, 0.25) is 18.6 Å². The summed E-state index contributed by atoms with van der Waals surface area (Å²) in [5.74, 6) is 1.42. The van der Waals surface area contributed by atoms with Gasteiger partial charge in [0.05, 0.1) is 0 Å². The minimum absolute atomic E-state index is 0.188. The molecule has 5 aliphatic rings. The van der Waals surface area contributed by atoms with Gasteiger partial charge in [-0.25, -0.2) is 0 Å². The van der Waals surface area contributed by atoms with E-state index in [1.54, 1.807) is 27.8 Å². The van der Waals surface area contributed by atoms with E-state index in [0.717, 1.165) is 17.5 Å². The average molecular weight is 810 g/mol. The molecule has 2 heteroatoms. The highest BCUT2D eigenvalue weighted by Gasteiger charge is 2.55. The van der Waals surface area contributed by atoms with Gasteiger partial charge in [0.15, 0.2) is 0 Å². The summed E-state index contributed by atoms with van der Waals surface area (Å²) in [6.45, 7) is 28.3. The molecule has 3 unspecified atom stereocenters. The third-order valence-corrected chi connectivity index (χ3v) is 22.0. The number of nitrogens with zero attached hydrogens (tertiary/aromatic N) is 1. The Bertz CT molecular complexity index is 1520. The molecule has 5 aliphatic carbocycles. The highest BCUT2D eigenvalue weighted by molar-refractivity contribution is 6.76. The third-order valence-electron chi connectivity index (χ3n) is 17.2. The largest absolute Gasteiger partial charge is 0.316 e. The molecule has 328 valence electrons. The molecule has 2 saturated carbocycles. The zero-order valence-corrected chi connectivity index (χ0v) is 41.7. The second-order valence-electron chi connectivity index (χ2n) is 23.8. The molecule has 0 spiro atoms. The Labute approximate surface area is 362 Å². The van der Waals surface area contributed by atoms with Crippen LogP contribution in [-0.4, -0.2) is 24.4 Å². The number of benzene rings is 1. The highest BCUT2D eigenvalue weighted by atomic mass is 28.3. The van der Waals surface area contributed by atoms with Gasteiger partial charge >= 0.3 is 0 Å². The second-order valence-corrected chi connectivity index (χ2v) is 28.3. The first kappa shape index (κ1) is 46.4. The van der Waals surface area contributed by atoms with Crippen molar-refractivity contribution >= 4 is 13.8 Å². The van der Waals surface area contributed by atoms with Crippen LogP contribution in [0.1, 0.15) is 258 Å². The quantitative estimate of drug-likeness (QED) is 0.0883. The van der Waals surface area contributed by atoms with Crippen LogP contribution in [-0.2, 0) is 16.2 Å². The molecule has 1 aromatic carbocycles. The van der Waals surface area contributed by atoms with Gasteiger partial charge in [-0.05, 0) is 127 Å². The number of allylic oxidation sites excluding steroid dienone is 4. The summed E-state index contributed by atoms with van der Waals surface area (Å²) in [4.78, 5) is 0. The van der Waals surface area contributed by atoms with Crippen LogP contribution in [0.15, 0.2) is 29.9 Å². The van der Waals surface area contributed by atoms with E-state index >= 15 is 0 Å². The fourth-order valence-corrected chi connectivity index (χ4v) is 19.6. The predicted molar refractivity (Wildman–Crippen MR) is 260 cm³/mol. The molecule has 0 N–H and O–H groups in total. The van der Waals surface area contributed by atoms with E-state index < -0.39 is 8.24 Å². The van der Waals surface area contributed by atoms with E-state index in [1.807, 2.05) is 5.57 Å². The lowest BCUT2D eigenvalue weighted by atomic mass is 9.61. The predicted octanol–water partition coefficient (Wildman–Crippen LogP) is 17.7. The van der Waals surface area contributed by atoms with Gasteiger partial charge in [0.2, 0.25) is 0 Å². The van der Waals surface area contributed by atoms with Gasteiger partial charge in [-0.1, -0.05) is 207 Å². The van der Waals surface area contributed by atoms with Crippen molar-refractivity contribution in [3.63, 3.8) is 0 Å². The van der Waals surface area contributed by atoms with Crippen LogP contribution < -0.4 is 0 Å². The number of hydrogen-bond donors (Lipinski definition) is 0. The molecule has 0 aromatic heterocycles. The van der Waals surface area contributed by atoms with Gasteiger partial charge in [-0.3, -0.25) is 0 Å². The number of unbranched alkanes of at least 4 members (excludes halogenated alkanes) is 14. The van der Waals surface area contributed by atoms with E-state index in [9.17, 15) is 0 Å². The summed E-state index contributed by atoms with van der Waals surface area (Å²) < 4.78 is 3.20. The van der Waals surface area contributed by atoms with E-state index in [-0.39, 0.29) is 21.8 Å². The zero-order valence-electron chi connectivity index (χ0n) is 40.7. The molecular weight excluding hydrogens is 715 g/mol. The van der Waals surface area contributed by atoms with E-state index in [1.165, 1.54) is 173 Å². The van der Waals surface area contributed by atoms with Crippen molar-refractivity contribution in [1.82, 2.24) is 4.57 Å². The minimum atomic E-state index is -1.79. The first-order valence-corrected chi connectivity index (χ1v) is 29.0. The standard InChI is InChI=1S/C56H95NSi/c1-12-14-16-18-20-22-24-29-35-56(36-30-25-23-21-19-17-15-13-2)48-39-43-33-34-52(58(10,11)57(53(3,4)5)44-31-27-26-28-32-44)45(43)40-46(48)47-41-50-51(42-49(47)56)55(8,9)38-37-54(50,6)7/h39-45,52H,12-38H2,1-11H3. The van der Waals surface area contributed by atoms with Crippen molar-refractivity contribution in [2.24, 2.45) is 11.8 Å². The lowest BCUT2D eigenvalue weighted by Crippen LogP contribution is -2.64. The second kappa shape index (κ2) is 19.5. The Hall–Kier alpha value is -1.12. The molecule has 2 fully saturated rings. The topological polar surface area (TPSA) is 3.24 Å². The van der Waals surface area contributed by atoms with Crippen molar-refractivity contribution in [2.45, 2.75) is 282 Å². The van der Waals surface area contributed by atoms with E-state index in [4.69, 9.17) is 0 Å². The summed E-state index contributed by atoms with van der Waals surface area (Å²) in [5.41, 5.74) is 12.1. The van der Waals surface area contributed by atoms with Crippen LogP contribution >= 0.6 is 0 Å². The highest BCUT2D eigenvalue weighted by Crippen LogP contribution is 2.63. The van der Waals surface area contributed by atoms with E-state index in [2.05, 4.69) is 104 Å². The Morgan fingerprint density at radius 1 is 0.603 bits per heavy atom. The lowest BCUT2D eigenvalue weighted by Gasteiger charge is -2.55. The normalized spacial score (nSPS) is 24.9. The average Bonchev–Trinajstić information content (AvgIpc) is 3.71. The Balaban J connectivity index is 1.39. The summed E-state index contributed by atoms with van der Waals surface area (Å²) in [6, 6.07) is 6.48. The van der Waals surface area contributed by atoms with Crippen molar-refractivity contribution < 1.29 is 0 Å². The lowest BCUT2D eigenvalue weighted by molar-refractivity contribution is 0.140. The number of fused-ring (bicyclic) bond motifs is 5. The van der Waals surface area contributed by atoms with Gasteiger partial charge in [0.25, 0.3) is 0 Å². The molecule has 0 bridgehead atoms. The summed E-state index contributed by atoms with van der Waals surface area (Å²) >= 11 is 0. The Morgan fingerprint density at radius 2 is 1.10 bits per heavy atom. The fraction of sp³-hybridized carbons (Fsp3) is 0.821. The van der Waals surface area contributed by atoms with Crippen molar-refractivity contribution in [1.29, 1.82) is 0 Å². The Kier molecular flexibility index (Phi) is 15.6. The van der Waals surface area contributed by atoms with Gasteiger partial charge in [0, 0.05) is 17.0 Å². The van der Waals surface area contributed by atoms with Gasteiger partial charge in [-0.2, -0.15) is 0 Å². The molecule has 58 heavy (non-hydrogen) atoms. The van der Waals surface area contributed by atoms with Crippen LogP contribution in [0.25, 0.3) is 5.57 Å². The zero-order chi connectivity index (χ0) is 41.8. The molecule has 0 heterocycles. The number of rotatable bonds is 21. The molecule has 0 amide bonds. The van der Waals surface area contributed by atoms with Crippen LogP contribution in [0.3, 0.4) is 0 Å². The monoisotopic (exact) mass is 810 g/mol. The molecule has 6 rings (SSSR count). The molecular formula is C56H95NSi. The van der Waals surface area contributed by atoms with Crippen LogP contribution in [0.5, 0.6) is 0 Å². The first-order valence-electron chi connectivity index (χ1n) is 26.0. The SMILES string of the molecule is CCCCCCCCCCC1(CCCCCCCCCC)C2=CC3CCC([Si](C)(C)N(C4CCCCC4)C(C)(C)C)C3C=C2c2cc3c(cc21)C(C)(C)CCC3(C)C. The maximum Gasteiger partial charge on any atom is 0.126 e. The van der Waals surface area contributed by atoms with Gasteiger partial charge in [0.1, 0.15) is 8.24 Å². The smallest absolute Gasteiger partial charge is 0.126 e. The molecule has 0 aliphatic heterocycles. The molecule has 0 saturated heterocycles. The fourth-order valence-electron chi connectivity index (χ4n) is 14.1. The third kappa shape index (κ3) is 9.90. The minimum Gasteiger partial charge on any atom is -0.316 e. The molecule has 1 nitrogen and oxygen atoms in total. The molecule has 3 atom stereocenters. The summed E-state index contributed by atoms with van der Waals surface area (Å²) in [6.07, 6.45) is 43.9. The number of hydrogen-bond acceptors (Lipinski definition) is 1. The van der Waals surface area contributed by atoms with Crippen molar-refractivity contribution in [2.75, 3.05) is 0 Å². The van der Waals surface area contributed by atoms with Gasteiger partial charge in [-0.15, -0.1) is 0 Å². The Morgan fingerprint density at radius 3 is 1.62 bits per heavy atom. The maximum atomic E-state index is 3.20. The van der Waals surface area contributed by atoms with Crippen LogP contribution in [0.4, 0.5) is 0 Å². The summed E-state index contributed by atoms with van der Waals surface area (Å²) in [7, 11) is -1.79. The van der Waals surface area contributed by atoms with Crippen LogP contribution in [0, 0.1) is 11.8 Å². The van der Waals surface area contributed by atoms with E-state index in [0.29, 0.717) is 5.92 Å². The van der Waals surface area contributed by atoms with Crippen molar-refractivity contribution in [3.8, 4) is 0 Å². The molecule has 1 aromatic rings. The first-order chi connectivity index (χ1) is 27.6.